The Balaban J connectivity index is 1.26. The molecule has 6 heteroatoms. The maximum atomic E-state index is 9.64. The van der Waals surface area contributed by atoms with Crippen LogP contribution in [0.5, 0.6) is 0 Å². The predicted octanol–water partition coefficient (Wildman–Crippen LogP) is 11.8. The third-order valence-electron chi connectivity index (χ3n) is 10.4. The molecule has 0 radical (unpaired) electrons. The Hall–Kier alpha value is -7.49. The molecule has 0 aliphatic rings. The smallest absolute Gasteiger partial charge is 0.235 e. The number of hydrogen-bond donors (Lipinski definition) is 0. The SMILES string of the molecule is N#Cc1ccc2oc3ccc(-c4cc(-c5ccccc5)nc(-n5c6ccccc6c6ccc7c8ccccc8n(-c8ccccc8)c7c65)n4)cc3c2c1. The van der Waals surface area contributed by atoms with Gasteiger partial charge in [0.05, 0.1) is 45.1 Å². The van der Waals surface area contributed by atoms with E-state index in [1.807, 2.05) is 42.5 Å². The third-order valence-corrected chi connectivity index (χ3v) is 10.4. The molecule has 11 rings (SSSR count). The van der Waals surface area contributed by atoms with Crippen LogP contribution in [-0.4, -0.2) is 19.1 Å². The van der Waals surface area contributed by atoms with Crippen molar-refractivity contribution in [3.05, 3.63) is 169 Å². The number of nitriles is 1. The zero-order valence-electron chi connectivity index (χ0n) is 28.2. The molecule has 0 unspecified atom stereocenters. The van der Waals surface area contributed by atoms with Gasteiger partial charge in [0.15, 0.2) is 0 Å². The van der Waals surface area contributed by atoms with Crippen molar-refractivity contribution in [3.63, 3.8) is 0 Å². The highest BCUT2D eigenvalue weighted by Gasteiger charge is 2.23. The molecular weight excluding hydrogens is 651 g/mol. The Bertz CT molecular complexity index is 3290. The molecule has 11 aromatic rings. The number of fused-ring (bicyclic) bond motifs is 10. The summed E-state index contributed by atoms with van der Waals surface area (Å²) in [5.74, 6) is 0.578. The minimum Gasteiger partial charge on any atom is -0.456 e. The Morgan fingerprint density at radius 2 is 1.02 bits per heavy atom. The Labute approximate surface area is 303 Å². The van der Waals surface area contributed by atoms with Gasteiger partial charge in [0, 0.05) is 49.1 Å². The molecule has 53 heavy (non-hydrogen) atoms. The number of hydrogen-bond acceptors (Lipinski definition) is 4. The summed E-state index contributed by atoms with van der Waals surface area (Å²) in [5.41, 5.74) is 11.0. The van der Waals surface area contributed by atoms with E-state index in [2.05, 4.69) is 130 Å². The zero-order chi connectivity index (χ0) is 35.0. The van der Waals surface area contributed by atoms with Crippen molar-refractivity contribution in [3.8, 4) is 40.2 Å². The summed E-state index contributed by atoms with van der Waals surface area (Å²) in [7, 11) is 0. The topological polar surface area (TPSA) is 72.6 Å². The molecule has 0 bridgehead atoms. The van der Waals surface area contributed by atoms with E-state index in [0.29, 0.717) is 11.5 Å². The standard InChI is InChI=1S/C47H27N5O/c48-28-29-19-23-43-37(25-29)38-26-31(20-24-44(38)53-43)40-27-39(30-11-3-1-4-12-30)49-47(50-40)52-42-18-10-8-16-34(42)36-22-21-35-33-15-7-9-17-41(33)51(45(35)46(36)52)32-13-5-2-6-14-32/h1-27H. The largest absolute Gasteiger partial charge is 0.456 e. The minimum atomic E-state index is 0.578. The van der Waals surface area contributed by atoms with E-state index in [0.717, 1.165) is 88.4 Å². The van der Waals surface area contributed by atoms with E-state index in [1.165, 1.54) is 5.39 Å². The van der Waals surface area contributed by atoms with Gasteiger partial charge < -0.3 is 8.98 Å². The second kappa shape index (κ2) is 11.3. The quantitative estimate of drug-likeness (QED) is 0.186. The van der Waals surface area contributed by atoms with Crippen molar-refractivity contribution in [2.45, 2.75) is 0 Å². The summed E-state index contributed by atoms with van der Waals surface area (Å²) in [6.45, 7) is 0. The monoisotopic (exact) mass is 677 g/mol. The minimum absolute atomic E-state index is 0.578. The first-order valence-corrected chi connectivity index (χ1v) is 17.6. The van der Waals surface area contributed by atoms with Gasteiger partial charge in [-0.15, -0.1) is 0 Å². The van der Waals surface area contributed by atoms with Gasteiger partial charge in [0.2, 0.25) is 5.95 Å². The number of furan rings is 1. The van der Waals surface area contributed by atoms with E-state index < -0.39 is 0 Å². The maximum absolute atomic E-state index is 9.64. The molecule has 0 spiro atoms. The summed E-state index contributed by atoms with van der Waals surface area (Å²) in [5, 5.41) is 16.1. The van der Waals surface area contributed by atoms with Gasteiger partial charge in [-0.1, -0.05) is 97.1 Å². The average Bonchev–Trinajstić information content (AvgIpc) is 3.88. The lowest BCUT2D eigenvalue weighted by Gasteiger charge is -2.14. The molecule has 0 amide bonds. The number of para-hydroxylation sites is 3. The molecule has 0 N–H and O–H groups in total. The van der Waals surface area contributed by atoms with Gasteiger partial charge >= 0.3 is 0 Å². The Morgan fingerprint density at radius 3 is 1.72 bits per heavy atom. The van der Waals surface area contributed by atoms with Crippen molar-refractivity contribution in [2.24, 2.45) is 0 Å². The van der Waals surface area contributed by atoms with Crippen molar-refractivity contribution in [1.82, 2.24) is 19.1 Å². The van der Waals surface area contributed by atoms with Gasteiger partial charge in [-0.3, -0.25) is 4.57 Å². The van der Waals surface area contributed by atoms with Crippen LogP contribution in [0.3, 0.4) is 0 Å². The first kappa shape index (κ1) is 29.3. The summed E-state index contributed by atoms with van der Waals surface area (Å²) in [6.07, 6.45) is 0. The van der Waals surface area contributed by atoms with E-state index >= 15 is 0 Å². The fraction of sp³-hybridized carbons (Fsp3) is 0. The number of rotatable bonds is 4. The van der Waals surface area contributed by atoms with Crippen LogP contribution in [0.15, 0.2) is 168 Å². The summed E-state index contributed by atoms with van der Waals surface area (Å²) < 4.78 is 10.8. The molecule has 0 saturated heterocycles. The zero-order valence-corrected chi connectivity index (χ0v) is 28.2. The van der Waals surface area contributed by atoms with Crippen LogP contribution in [0.25, 0.3) is 99.7 Å². The molecule has 4 heterocycles. The van der Waals surface area contributed by atoms with Crippen LogP contribution >= 0.6 is 0 Å². The molecule has 0 aliphatic heterocycles. The van der Waals surface area contributed by atoms with Gasteiger partial charge in [0.25, 0.3) is 0 Å². The number of aromatic nitrogens is 4. The van der Waals surface area contributed by atoms with Crippen LogP contribution in [-0.2, 0) is 0 Å². The first-order valence-electron chi connectivity index (χ1n) is 17.6. The van der Waals surface area contributed by atoms with Gasteiger partial charge in [0.1, 0.15) is 11.2 Å². The molecular formula is C47H27N5O. The molecule has 7 aromatic carbocycles. The summed E-state index contributed by atoms with van der Waals surface area (Å²) >= 11 is 0. The Morgan fingerprint density at radius 1 is 0.453 bits per heavy atom. The number of nitrogens with zero attached hydrogens (tertiary/aromatic N) is 5. The lowest BCUT2D eigenvalue weighted by Crippen LogP contribution is -2.05. The van der Waals surface area contributed by atoms with Crippen molar-refractivity contribution in [2.75, 3.05) is 0 Å². The molecule has 6 nitrogen and oxygen atoms in total. The normalized spacial score (nSPS) is 11.8. The highest BCUT2D eigenvalue weighted by atomic mass is 16.3. The van der Waals surface area contributed by atoms with Crippen molar-refractivity contribution < 1.29 is 4.42 Å². The maximum Gasteiger partial charge on any atom is 0.235 e. The first-order chi connectivity index (χ1) is 26.2. The summed E-state index contributed by atoms with van der Waals surface area (Å²) in [6, 6.07) is 58.5. The number of benzene rings is 7. The van der Waals surface area contributed by atoms with Gasteiger partial charge in [-0.2, -0.15) is 5.26 Å². The summed E-state index contributed by atoms with van der Waals surface area (Å²) in [4.78, 5) is 10.7. The molecule has 246 valence electrons. The van der Waals surface area contributed by atoms with E-state index in [1.54, 1.807) is 6.07 Å². The lowest BCUT2D eigenvalue weighted by atomic mass is 10.0. The fourth-order valence-corrected chi connectivity index (χ4v) is 8.00. The highest BCUT2D eigenvalue weighted by molar-refractivity contribution is 6.23. The second-order valence-corrected chi connectivity index (χ2v) is 13.3. The van der Waals surface area contributed by atoms with E-state index in [-0.39, 0.29) is 0 Å². The van der Waals surface area contributed by atoms with E-state index in [9.17, 15) is 5.26 Å². The van der Waals surface area contributed by atoms with Gasteiger partial charge in [-0.25, -0.2) is 9.97 Å². The van der Waals surface area contributed by atoms with Crippen LogP contribution in [0.1, 0.15) is 5.56 Å². The van der Waals surface area contributed by atoms with Crippen LogP contribution in [0.4, 0.5) is 0 Å². The average molecular weight is 678 g/mol. The van der Waals surface area contributed by atoms with Crippen LogP contribution < -0.4 is 0 Å². The van der Waals surface area contributed by atoms with E-state index in [4.69, 9.17) is 14.4 Å². The van der Waals surface area contributed by atoms with Crippen molar-refractivity contribution in [1.29, 1.82) is 5.26 Å². The predicted molar refractivity (Wildman–Crippen MR) is 214 cm³/mol. The van der Waals surface area contributed by atoms with Crippen LogP contribution in [0.2, 0.25) is 0 Å². The third kappa shape index (κ3) is 4.38. The van der Waals surface area contributed by atoms with Gasteiger partial charge in [-0.05, 0) is 66.7 Å². The molecule has 0 fully saturated rings. The second-order valence-electron chi connectivity index (χ2n) is 13.3. The fourth-order valence-electron chi connectivity index (χ4n) is 8.00. The lowest BCUT2D eigenvalue weighted by molar-refractivity contribution is 0.669. The molecule has 0 atom stereocenters. The molecule has 0 aliphatic carbocycles. The van der Waals surface area contributed by atoms with Crippen molar-refractivity contribution >= 4 is 65.6 Å². The highest BCUT2D eigenvalue weighted by Crippen LogP contribution is 2.42. The Kier molecular flexibility index (Phi) is 6.22. The molecule has 4 aromatic heterocycles. The molecule has 0 saturated carbocycles. The van der Waals surface area contributed by atoms with Crippen LogP contribution in [0, 0.1) is 11.3 Å².